The number of nitrogens with one attached hydrogen (secondary N) is 2. The number of aliphatic imine (C=N–C) groups is 1. The lowest BCUT2D eigenvalue weighted by Crippen LogP contribution is -2.63. The van der Waals surface area contributed by atoms with Crippen molar-refractivity contribution in [3.05, 3.63) is 35.1 Å². The molecule has 1 saturated heterocycles. The summed E-state index contributed by atoms with van der Waals surface area (Å²) in [5.74, 6) is 0.140. The van der Waals surface area contributed by atoms with Gasteiger partial charge in [-0.15, -0.1) is 24.0 Å². The van der Waals surface area contributed by atoms with Crippen LogP contribution in [0.5, 0.6) is 0 Å². The molecule has 154 valence electrons. The van der Waals surface area contributed by atoms with Crippen molar-refractivity contribution in [2.24, 2.45) is 4.99 Å². The van der Waals surface area contributed by atoms with E-state index in [0.717, 1.165) is 0 Å². The van der Waals surface area contributed by atoms with E-state index in [1.54, 1.807) is 4.90 Å². The minimum absolute atomic E-state index is 0. The Kier molecular flexibility index (Phi) is 8.94. The number of hydrogen-bond donors (Lipinski definition) is 2. The zero-order valence-electron chi connectivity index (χ0n) is 16.6. The van der Waals surface area contributed by atoms with E-state index in [-0.39, 0.29) is 42.7 Å². The van der Waals surface area contributed by atoms with Gasteiger partial charge in [0.05, 0.1) is 24.2 Å². The number of likely N-dealkylation sites (tertiary alicyclic amines) is 1. The summed E-state index contributed by atoms with van der Waals surface area (Å²) < 4.78 is 19.2. The van der Waals surface area contributed by atoms with Crippen LogP contribution in [0.25, 0.3) is 0 Å². The molecule has 1 aromatic rings. The van der Waals surface area contributed by atoms with Crippen molar-refractivity contribution < 1.29 is 13.9 Å². The molecule has 0 radical (unpaired) electrons. The van der Waals surface area contributed by atoms with Crippen LogP contribution in [-0.2, 0) is 11.3 Å². The molecular weight excluding hydrogens is 476 g/mol. The number of hydrogen-bond acceptors (Lipinski definition) is 4. The summed E-state index contributed by atoms with van der Waals surface area (Å²) in [6.45, 7) is 9.20. The average molecular weight is 503 g/mol. The van der Waals surface area contributed by atoms with Gasteiger partial charge in [-0.05, 0) is 45.9 Å². The van der Waals surface area contributed by atoms with Gasteiger partial charge in [0.25, 0.3) is 0 Å². The third-order valence-corrected chi connectivity index (χ3v) is 3.80. The molecule has 2 rings (SSSR count). The van der Waals surface area contributed by atoms with Crippen molar-refractivity contribution in [2.45, 2.75) is 45.9 Å². The fraction of sp³-hybridized carbons (Fsp3) is 0.526. The van der Waals surface area contributed by atoms with E-state index in [1.807, 2.05) is 33.8 Å². The zero-order chi connectivity index (χ0) is 20.0. The van der Waals surface area contributed by atoms with Gasteiger partial charge in [-0.3, -0.25) is 0 Å². The first kappa shape index (κ1) is 23.9. The van der Waals surface area contributed by atoms with Crippen LogP contribution in [0, 0.1) is 17.1 Å². The van der Waals surface area contributed by atoms with Gasteiger partial charge >= 0.3 is 6.09 Å². The van der Waals surface area contributed by atoms with Crippen molar-refractivity contribution in [1.82, 2.24) is 15.5 Å². The first-order chi connectivity index (χ1) is 12.7. The maximum absolute atomic E-state index is 13.9. The van der Waals surface area contributed by atoms with Gasteiger partial charge in [0.2, 0.25) is 0 Å². The molecule has 28 heavy (non-hydrogen) atoms. The van der Waals surface area contributed by atoms with E-state index in [2.05, 4.69) is 15.6 Å². The molecule has 7 nitrogen and oxygen atoms in total. The van der Waals surface area contributed by atoms with E-state index in [0.29, 0.717) is 36.7 Å². The zero-order valence-corrected chi connectivity index (χ0v) is 18.9. The summed E-state index contributed by atoms with van der Waals surface area (Å²) in [5.41, 5.74) is 0.232. The molecule has 9 heteroatoms. The predicted molar refractivity (Wildman–Crippen MR) is 116 cm³/mol. The number of nitrogens with zero attached hydrogens (tertiary/aromatic N) is 3. The molecule has 0 saturated carbocycles. The van der Waals surface area contributed by atoms with Gasteiger partial charge in [0.1, 0.15) is 11.4 Å². The summed E-state index contributed by atoms with van der Waals surface area (Å²) in [7, 11) is 0. The van der Waals surface area contributed by atoms with Gasteiger partial charge in [0.15, 0.2) is 5.96 Å². The van der Waals surface area contributed by atoms with Crippen LogP contribution < -0.4 is 10.6 Å². The van der Waals surface area contributed by atoms with Crippen LogP contribution in [0.1, 0.15) is 38.8 Å². The van der Waals surface area contributed by atoms with Crippen LogP contribution in [0.15, 0.2) is 23.2 Å². The fourth-order valence-electron chi connectivity index (χ4n) is 2.49. The normalized spacial score (nSPS) is 14.4. The number of halogens is 2. The SMILES string of the molecule is CCNC(=NCc1cc(C#N)ccc1F)NC1CN(C(=O)OC(C)(C)C)C1.I. The molecule has 0 atom stereocenters. The third-order valence-electron chi connectivity index (χ3n) is 3.80. The monoisotopic (exact) mass is 503 g/mol. The number of amides is 1. The Hall–Kier alpha value is -2.09. The minimum Gasteiger partial charge on any atom is -0.444 e. The summed E-state index contributed by atoms with van der Waals surface area (Å²) in [5, 5.41) is 15.3. The maximum Gasteiger partial charge on any atom is 0.410 e. The molecule has 1 fully saturated rings. The van der Waals surface area contributed by atoms with Crippen LogP contribution in [0.4, 0.5) is 9.18 Å². The molecular formula is C19H27FIN5O2. The standard InChI is InChI=1S/C19H26FN5O2.HI/c1-5-22-17(23-10-14-8-13(9-21)6-7-16(14)20)24-15-11-25(12-15)18(26)27-19(2,3)4;/h6-8,15H,5,10-12H2,1-4H3,(H2,22,23,24);1H. The van der Waals surface area contributed by atoms with E-state index < -0.39 is 11.4 Å². The number of benzene rings is 1. The van der Waals surface area contributed by atoms with Gasteiger partial charge in [-0.25, -0.2) is 14.2 Å². The highest BCUT2D eigenvalue weighted by atomic mass is 127. The fourth-order valence-corrected chi connectivity index (χ4v) is 2.49. The van der Waals surface area contributed by atoms with Gasteiger partial charge in [0, 0.05) is 25.2 Å². The van der Waals surface area contributed by atoms with Crippen molar-refractivity contribution in [2.75, 3.05) is 19.6 Å². The second-order valence-corrected chi connectivity index (χ2v) is 7.34. The molecule has 0 aliphatic carbocycles. The highest BCUT2D eigenvalue weighted by molar-refractivity contribution is 14.0. The summed E-state index contributed by atoms with van der Waals surface area (Å²) in [4.78, 5) is 18.0. The van der Waals surface area contributed by atoms with Gasteiger partial charge in [-0.2, -0.15) is 5.26 Å². The molecule has 1 heterocycles. The van der Waals surface area contributed by atoms with Crippen molar-refractivity contribution in [3.8, 4) is 6.07 Å². The van der Waals surface area contributed by atoms with E-state index >= 15 is 0 Å². The topological polar surface area (TPSA) is 89.8 Å². The number of nitriles is 1. The highest BCUT2D eigenvalue weighted by Gasteiger charge is 2.34. The molecule has 1 aromatic carbocycles. The van der Waals surface area contributed by atoms with E-state index in [1.165, 1.54) is 18.2 Å². The van der Waals surface area contributed by atoms with Crippen LogP contribution >= 0.6 is 24.0 Å². The largest absolute Gasteiger partial charge is 0.444 e. The van der Waals surface area contributed by atoms with E-state index in [4.69, 9.17) is 10.00 Å². The molecule has 0 spiro atoms. The van der Waals surface area contributed by atoms with Gasteiger partial charge in [-0.1, -0.05) is 0 Å². The lowest BCUT2D eigenvalue weighted by molar-refractivity contribution is 0.00700. The lowest BCUT2D eigenvalue weighted by Gasteiger charge is -2.40. The molecule has 1 amide bonds. The molecule has 1 aliphatic heterocycles. The Labute approximate surface area is 182 Å². The number of carbonyl (C=O) groups excluding carboxylic acids is 1. The molecule has 1 aliphatic rings. The van der Waals surface area contributed by atoms with Gasteiger partial charge < -0.3 is 20.3 Å². The van der Waals surface area contributed by atoms with Crippen molar-refractivity contribution in [1.29, 1.82) is 5.26 Å². The lowest BCUT2D eigenvalue weighted by atomic mass is 10.1. The van der Waals surface area contributed by atoms with Crippen LogP contribution in [0.3, 0.4) is 0 Å². The third kappa shape index (κ3) is 7.14. The number of rotatable bonds is 4. The highest BCUT2D eigenvalue weighted by Crippen LogP contribution is 2.15. The number of guanidine groups is 1. The second-order valence-electron chi connectivity index (χ2n) is 7.34. The van der Waals surface area contributed by atoms with Crippen LogP contribution in [-0.4, -0.2) is 48.2 Å². The van der Waals surface area contributed by atoms with Crippen LogP contribution in [0.2, 0.25) is 0 Å². The first-order valence-corrected chi connectivity index (χ1v) is 8.93. The quantitative estimate of drug-likeness (QED) is 0.375. The Bertz CT molecular complexity index is 752. The Morgan fingerprint density at radius 1 is 1.43 bits per heavy atom. The molecule has 2 N–H and O–H groups in total. The number of ether oxygens (including phenoxy) is 1. The summed E-state index contributed by atoms with van der Waals surface area (Å²) >= 11 is 0. The van der Waals surface area contributed by atoms with Crippen molar-refractivity contribution >= 4 is 36.0 Å². The predicted octanol–water partition coefficient (Wildman–Crippen LogP) is 2.99. The molecule has 0 aromatic heterocycles. The van der Waals surface area contributed by atoms with E-state index in [9.17, 15) is 9.18 Å². The smallest absolute Gasteiger partial charge is 0.410 e. The summed E-state index contributed by atoms with van der Waals surface area (Å²) in [6.07, 6.45) is -0.335. The molecule has 0 bridgehead atoms. The second kappa shape index (κ2) is 10.5. The first-order valence-electron chi connectivity index (χ1n) is 8.93. The Balaban J connectivity index is 0.00000392. The molecule has 0 unspecified atom stereocenters. The average Bonchev–Trinajstić information content (AvgIpc) is 2.54. The van der Waals surface area contributed by atoms with Crippen molar-refractivity contribution in [3.63, 3.8) is 0 Å². The summed E-state index contributed by atoms with van der Waals surface area (Å²) in [6, 6.07) is 6.24. The number of carbonyl (C=O) groups is 1. The Morgan fingerprint density at radius 3 is 2.68 bits per heavy atom. The Morgan fingerprint density at radius 2 is 2.11 bits per heavy atom. The minimum atomic E-state index is -0.520. The maximum atomic E-state index is 13.9.